The SMILES string of the molecule is CC(=O)Nc1ccc(C[C@H](NC(=O)[C@H](NC(=O)[C@@H](Cc2cccnc2)NC(=O)[C@@H](Cc2ccc(Cl)cc2)NC(=O)[C@@H](Cc2ccc3ccccc3c2)NC(C)=O)N(C)C=O)C(=O)N[C@H](Cc2ccc(NC(C)=O)cc2)C(=O)N[C@@H](CC(C)C)C(=O)N[C@@H](CCCCNC(C)C)C(=O)N2CCC[C@@H]2C(=O)N[C@H](C)C(N)=O)cc1. The van der Waals surface area contributed by atoms with E-state index in [1.807, 2.05) is 56.3 Å². The van der Waals surface area contributed by atoms with Crippen LogP contribution in [0, 0.1) is 5.92 Å². The molecule has 5 aromatic carbocycles. The molecule has 0 unspecified atom stereocenters. The summed E-state index contributed by atoms with van der Waals surface area (Å²) in [5.41, 5.74) is 8.72. The number of nitrogens with zero attached hydrogens (tertiary/aromatic N) is 3. The zero-order valence-corrected chi connectivity index (χ0v) is 65.2. The van der Waals surface area contributed by atoms with Gasteiger partial charge in [0.2, 0.25) is 77.3 Å². The number of hydrogen-bond donors (Lipinski definition) is 13. The maximum absolute atomic E-state index is 15.4. The number of carbonyl (C=O) groups is 14. The largest absolute Gasteiger partial charge is 0.368 e. The van der Waals surface area contributed by atoms with E-state index in [1.54, 1.807) is 98.8 Å². The fourth-order valence-electron chi connectivity index (χ4n) is 12.8. The van der Waals surface area contributed by atoms with Crippen molar-refractivity contribution in [3.63, 3.8) is 0 Å². The summed E-state index contributed by atoms with van der Waals surface area (Å²) in [5.74, 6) is -9.98. The van der Waals surface area contributed by atoms with E-state index >= 15 is 24.0 Å². The van der Waals surface area contributed by atoms with Crippen LogP contribution in [0.5, 0.6) is 0 Å². The number of carbonyl (C=O) groups excluding carboxylic acids is 14. The van der Waals surface area contributed by atoms with Crippen molar-refractivity contribution in [1.82, 2.24) is 68.0 Å². The van der Waals surface area contributed by atoms with Crippen LogP contribution in [0.4, 0.5) is 11.4 Å². The van der Waals surface area contributed by atoms with Gasteiger partial charge in [-0.25, -0.2) is 0 Å². The van der Waals surface area contributed by atoms with Gasteiger partial charge in [0.25, 0.3) is 5.91 Å². The third-order valence-corrected chi connectivity index (χ3v) is 18.8. The summed E-state index contributed by atoms with van der Waals surface area (Å²) < 4.78 is 0. The lowest BCUT2D eigenvalue weighted by Gasteiger charge is -2.31. The number of halogens is 1. The van der Waals surface area contributed by atoms with E-state index in [9.17, 15) is 43.2 Å². The van der Waals surface area contributed by atoms with Crippen molar-refractivity contribution in [2.45, 2.75) is 193 Å². The normalized spacial score (nSPS) is 14.9. The van der Waals surface area contributed by atoms with Crippen LogP contribution in [0.3, 0.4) is 0 Å². The van der Waals surface area contributed by atoms with Crippen LogP contribution < -0.4 is 69.5 Å². The molecule has 112 heavy (non-hydrogen) atoms. The highest BCUT2D eigenvalue weighted by Crippen LogP contribution is 2.23. The second-order valence-electron chi connectivity index (χ2n) is 28.8. The van der Waals surface area contributed by atoms with Crippen LogP contribution in [0.2, 0.25) is 5.02 Å². The number of anilines is 2. The molecular weight excluding hydrogens is 1460 g/mol. The molecule has 14 amide bonds. The molecule has 31 heteroatoms. The molecule has 0 bridgehead atoms. The number of amides is 14. The van der Waals surface area contributed by atoms with Crippen LogP contribution >= 0.6 is 11.6 Å². The maximum Gasteiger partial charge on any atom is 0.264 e. The fourth-order valence-corrected chi connectivity index (χ4v) is 12.9. The number of aromatic nitrogens is 1. The molecule has 598 valence electrons. The smallest absolute Gasteiger partial charge is 0.264 e. The van der Waals surface area contributed by atoms with Gasteiger partial charge in [0.15, 0.2) is 6.17 Å². The molecule has 2 heterocycles. The molecule has 0 spiro atoms. The minimum absolute atomic E-state index is 0.00808. The Balaban J connectivity index is 1.21. The number of primary amides is 1. The number of benzene rings is 5. The third-order valence-electron chi connectivity index (χ3n) is 18.6. The van der Waals surface area contributed by atoms with Crippen LogP contribution in [-0.2, 0) is 99.2 Å². The maximum atomic E-state index is 15.4. The van der Waals surface area contributed by atoms with Gasteiger partial charge in [-0.1, -0.05) is 124 Å². The Morgan fingerprint density at radius 3 is 1.47 bits per heavy atom. The summed E-state index contributed by atoms with van der Waals surface area (Å²) in [6, 6.07) is 23.5. The van der Waals surface area contributed by atoms with Crippen molar-refractivity contribution in [3.8, 4) is 0 Å². The molecule has 7 rings (SSSR count). The van der Waals surface area contributed by atoms with Crippen LogP contribution in [0.1, 0.15) is 122 Å². The van der Waals surface area contributed by atoms with Crippen molar-refractivity contribution in [2.75, 3.05) is 30.8 Å². The molecule has 0 saturated carbocycles. The van der Waals surface area contributed by atoms with Crippen molar-refractivity contribution in [1.29, 1.82) is 0 Å². The number of nitrogens with two attached hydrogens (primary N) is 1. The quantitative estimate of drug-likeness (QED) is 0.0148. The van der Waals surface area contributed by atoms with Gasteiger partial charge in [-0.05, 0) is 139 Å². The first kappa shape index (κ1) is 87.6. The third kappa shape index (κ3) is 28.0. The molecule has 1 saturated heterocycles. The molecule has 1 aromatic heterocycles. The monoisotopic (exact) mass is 1560 g/mol. The van der Waals surface area contributed by atoms with E-state index in [4.69, 9.17) is 17.3 Å². The minimum Gasteiger partial charge on any atom is -0.368 e. The molecule has 1 aliphatic rings. The van der Waals surface area contributed by atoms with E-state index in [-0.39, 0.29) is 88.1 Å². The molecule has 10 atom stereocenters. The number of fused-ring (bicyclic) bond motifs is 1. The lowest BCUT2D eigenvalue weighted by molar-refractivity contribution is -0.142. The van der Waals surface area contributed by atoms with Crippen LogP contribution in [0.15, 0.2) is 140 Å². The van der Waals surface area contributed by atoms with Crippen LogP contribution in [0.25, 0.3) is 10.8 Å². The van der Waals surface area contributed by atoms with Gasteiger partial charge in [0, 0.05) is 101 Å². The van der Waals surface area contributed by atoms with Crippen molar-refractivity contribution in [2.24, 2.45) is 11.7 Å². The van der Waals surface area contributed by atoms with Gasteiger partial charge in [-0.2, -0.15) is 0 Å². The van der Waals surface area contributed by atoms with Gasteiger partial charge in [-0.15, -0.1) is 0 Å². The van der Waals surface area contributed by atoms with Crippen molar-refractivity contribution < 1.29 is 67.1 Å². The van der Waals surface area contributed by atoms with E-state index in [2.05, 4.69) is 68.8 Å². The Morgan fingerprint density at radius 1 is 0.518 bits per heavy atom. The number of likely N-dealkylation sites (tertiary alicyclic amines) is 1. The molecule has 30 nitrogen and oxygen atoms in total. The standard InChI is InChI=1S/C81H103ClN16O14/c1-47(2)38-64(73(104)90-63(19-12-13-36-85-48(3)4)81(112)98-37-15-20-70(98)79(110)86-49(5)71(83)103)91-75(106)67(41-54-24-31-61(32-25-54)87-50(6)100)93-77(108)68(42-55-26-33-62(34-27-55)88-51(7)101)95-80(111)72(97(9)46-99)96-78(109)69(44-57-16-14-35-84-45-57)94-76(107)66(40-53-22-29-60(82)30-23-53)92-74(105)65(89-52(8)102)43-56-21-28-58-17-10-11-18-59(58)39-56/h10-11,14,16-18,21-35,39,45-49,63-70,72,85H,12-13,15,19-20,36-38,40-44H2,1-9H3,(H2,83,103)(H,86,110)(H,87,100)(H,88,101)(H,89,102)(H,90,104)(H,91,106)(H,92,105)(H,93,108)(H,94,107)(H,95,111)(H,96,109)/t49-,63+,64+,65-,66-,67-,68+,69-,70-,72-/m1/s1. The topological polar surface area (TPSA) is 429 Å². The molecule has 6 aromatic rings. The lowest BCUT2D eigenvalue weighted by Crippen LogP contribution is -2.63. The Hall–Kier alpha value is -11.7. The summed E-state index contributed by atoms with van der Waals surface area (Å²) in [4.78, 5) is 202. The summed E-state index contributed by atoms with van der Waals surface area (Å²) in [6.07, 6.45) is 2.05. The first-order chi connectivity index (χ1) is 53.3. The number of likely N-dealkylation sites (N-methyl/N-ethyl adjacent to an activating group) is 1. The van der Waals surface area contributed by atoms with Gasteiger partial charge < -0.3 is 79.3 Å². The Labute approximate surface area is 656 Å². The number of hydrogen-bond acceptors (Lipinski definition) is 16. The first-order valence-corrected chi connectivity index (χ1v) is 37.8. The lowest BCUT2D eigenvalue weighted by atomic mass is 9.99. The molecule has 0 aliphatic carbocycles. The molecular formula is C81H103ClN16O14. The molecule has 14 N–H and O–H groups in total. The fraction of sp³-hybridized carbons (Fsp3) is 0.420. The minimum atomic E-state index is -1.96. The van der Waals surface area contributed by atoms with Crippen LogP contribution in [-0.4, -0.2) is 185 Å². The van der Waals surface area contributed by atoms with E-state index in [1.165, 1.54) is 52.0 Å². The van der Waals surface area contributed by atoms with Crippen molar-refractivity contribution >= 4 is 117 Å². The number of unbranched alkanes of at least 4 members (excludes halogenated alkanes) is 1. The van der Waals surface area contributed by atoms with E-state index in [0.29, 0.717) is 70.0 Å². The predicted octanol–water partition coefficient (Wildman–Crippen LogP) is 3.46. The van der Waals surface area contributed by atoms with Crippen molar-refractivity contribution in [3.05, 3.63) is 173 Å². The zero-order valence-electron chi connectivity index (χ0n) is 64.5. The summed E-state index contributed by atoms with van der Waals surface area (Å²) >= 11 is 6.27. The van der Waals surface area contributed by atoms with Gasteiger partial charge >= 0.3 is 0 Å². The first-order valence-electron chi connectivity index (χ1n) is 37.4. The van der Waals surface area contributed by atoms with E-state index < -0.39 is 126 Å². The highest BCUT2D eigenvalue weighted by atomic mass is 35.5. The van der Waals surface area contributed by atoms with E-state index in [0.717, 1.165) is 15.7 Å². The Kier molecular flexibility index (Phi) is 33.7. The summed E-state index contributed by atoms with van der Waals surface area (Å²) in [5, 5.41) is 35.5. The summed E-state index contributed by atoms with van der Waals surface area (Å²) in [6.45, 7) is 13.7. The Bertz CT molecular complexity index is 4290. The second kappa shape index (κ2) is 43.1. The molecule has 1 fully saturated rings. The zero-order chi connectivity index (χ0) is 81.7. The number of nitrogens with one attached hydrogen (secondary N) is 12. The molecule has 0 radical (unpaired) electrons. The summed E-state index contributed by atoms with van der Waals surface area (Å²) in [7, 11) is 1.17. The van der Waals surface area contributed by atoms with Gasteiger partial charge in [0.05, 0.1) is 0 Å². The number of pyridine rings is 1. The van der Waals surface area contributed by atoms with Gasteiger partial charge in [0.1, 0.15) is 54.4 Å². The van der Waals surface area contributed by atoms with Gasteiger partial charge in [-0.3, -0.25) is 72.1 Å². The average Bonchev–Trinajstić information content (AvgIpc) is 1.67. The average molecular weight is 1560 g/mol. The highest BCUT2D eigenvalue weighted by molar-refractivity contribution is 6.30. The highest BCUT2D eigenvalue weighted by Gasteiger charge is 2.41. The predicted molar refractivity (Wildman–Crippen MR) is 423 cm³/mol. The molecule has 1 aliphatic heterocycles. The Morgan fingerprint density at radius 2 is 0.982 bits per heavy atom. The second-order valence-corrected chi connectivity index (χ2v) is 29.2. The number of rotatable bonds is 41.